The van der Waals surface area contributed by atoms with E-state index in [1.807, 2.05) is 55.6 Å². The molecule has 0 saturated carbocycles. The number of hydrogen-bond donors (Lipinski definition) is 1. The number of hydrogen-bond acceptors (Lipinski definition) is 6. The molecular formula is C17H17N3O2S2. The number of rotatable bonds is 6. The van der Waals surface area contributed by atoms with Crippen molar-refractivity contribution in [3.05, 3.63) is 52.2 Å². The smallest absolute Gasteiger partial charge is 0.277 e. The van der Waals surface area contributed by atoms with Gasteiger partial charge < -0.3 is 9.73 Å². The Balaban J connectivity index is 1.56. The van der Waals surface area contributed by atoms with Crippen molar-refractivity contribution >= 4 is 29.0 Å². The number of amides is 1. The fourth-order valence-electron chi connectivity index (χ4n) is 2.21. The summed E-state index contributed by atoms with van der Waals surface area (Å²) in [6.45, 7) is 3.96. The lowest BCUT2D eigenvalue weighted by Crippen LogP contribution is -2.27. The van der Waals surface area contributed by atoms with Crippen LogP contribution in [-0.2, 0) is 4.79 Å². The molecule has 24 heavy (non-hydrogen) atoms. The van der Waals surface area contributed by atoms with Crippen LogP contribution in [-0.4, -0.2) is 21.9 Å². The van der Waals surface area contributed by atoms with Crippen LogP contribution < -0.4 is 5.32 Å². The molecule has 0 saturated heterocycles. The number of nitrogens with zero attached hydrogens (tertiary/aromatic N) is 2. The van der Waals surface area contributed by atoms with Crippen LogP contribution in [0.3, 0.4) is 0 Å². The van der Waals surface area contributed by atoms with Crippen molar-refractivity contribution in [3.63, 3.8) is 0 Å². The molecule has 7 heteroatoms. The average Bonchev–Trinajstić information content (AvgIpc) is 3.25. The maximum Gasteiger partial charge on any atom is 0.277 e. The van der Waals surface area contributed by atoms with Gasteiger partial charge in [-0.3, -0.25) is 4.79 Å². The largest absolute Gasteiger partial charge is 0.411 e. The molecule has 3 rings (SSSR count). The Morgan fingerprint density at radius 1 is 1.29 bits per heavy atom. The van der Waals surface area contributed by atoms with Crippen LogP contribution in [0.15, 0.2) is 51.4 Å². The van der Waals surface area contributed by atoms with E-state index in [4.69, 9.17) is 4.42 Å². The SMILES string of the molecule is Cc1ccccc1-c1nnc(SCC(=O)NC(C)c2cccs2)o1. The minimum atomic E-state index is -0.0588. The minimum absolute atomic E-state index is 0.00307. The van der Waals surface area contributed by atoms with E-state index in [9.17, 15) is 4.79 Å². The molecule has 2 aromatic heterocycles. The van der Waals surface area contributed by atoms with Crippen LogP contribution in [0.25, 0.3) is 11.5 Å². The number of carbonyl (C=O) groups is 1. The second-order valence-corrected chi connectivity index (χ2v) is 7.19. The summed E-state index contributed by atoms with van der Waals surface area (Å²) in [5.41, 5.74) is 1.98. The first kappa shape index (κ1) is 16.7. The molecule has 0 spiro atoms. The van der Waals surface area contributed by atoms with Crippen molar-refractivity contribution in [1.29, 1.82) is 0 Å². The van der Waals surface area contributed by atoms with Gasteiger partial charge in [-0.15, -0.1) is 21.5 Å². The molecule has 1 N–H and O–H groups in total. The van der Waals surface area contributed by atoms with E-state index in [-0.39, 0.29) is 17.7 Å². The summed E-state index contributed by atoms with van der Waals surface area (Å²) >= 11 is 2.87. The fourth-order valence-corrected chi connectivity index (χ4v) is 3.52. The molecule has 124 valence electrons. The van der Waals surface area contributed by atoms with E-state index in [1.54, 1.807) is 11.3 Å². The lowest BCUT2D eigenvalue weighted by molar-refractivity contribution is -0.119. The van der Waals surface area contributed by atoms with Gasteiger partial charge in [0.2, 0.25) is 11.8 Å². The second-order valence-electron chi connectivity index (χ2n) is 5.28. The highest BCUT2D eigenvalue weighted by Crippen LogP contribution is 2.25. The third-order valence-electron chi connectivity index (χ3n) is 3.46. The summed E-state index contributed by atoms with van der Waals surface area (Å²) in [6.07, 6.45) is 0. The summed E-state index contributed by atoms with van der Waals surface area (Å²) in [4.78, 5) is 13.2. The Hall–Kier alpha value is -2.12. The summed E-state index contributed by atoms with van der Waals surface area (Å²) < 4.78 is 5.64. The van der Waals surface area contributed by atoms with Crippen LogP contribution in [0.2, 0.25) is 0 Å². The zero-order chi connectivity index (χ0) is 16.9. The number of benzene rings is 1. The van der Waals surface area contributed by atoms with Gasteiger partial charge in [-0.25, -0.2) is 0 Å². The first-order valence-electron chi connectivity index (χ1n) is 7.48. The number of carbonyl (C=O) groups excluding carboxylic acids is 1. The van der Waals surface area contributed by atoms with Gasteiger partial charge in [-0.05, 0) is 36.9 Å². The van der Waals surface area contributed by atoms with Gasteiger partial charge in [-0.2, -0.15) is 0 Å². The minimum Gasteiger partial charge on any atom is -0.411 e. The molecule has 3 aromatic rings. The van der Waals surface area contributed by atoms with Gasteiger partial charge in [-0.1, -0.05) is 36.0 Å². The number of aryl methyl sites for hydroxylation is 1. The number of aromatic nitrogens is 2. The van der Waals surface area contributed by atoms with Gasteiger partial charge in [0.25, 0.3) is 5.22 Å². The third-order valence-corrected chi connectivity index (χ3v) is 5.33. The lowest BCUT2D eigenvalue weighted by atomic mass is 10.1. The van der Waals surface area contributed by atoms with E-state index in [2.05, 4.69) is 15.5 Å². The van der Waals surface area contributed by atoms with E-state index in [0.29, 0.717) is 11.1 Å². The van der Waals surface area contributed by atoms with Crippen LogP contribution in [0, 0.1) is 6.92 Å². The van der Waals surface area contributed by atoms with Crippen LogP contribution in [0.5, 0.6) is 0 Å². The Bertz CT molecular complexity index is 815. The molecule has 2 heterocycles. The molecular weight excluding hydrogens is 342 g/mol. The highest BCUT2D eigenvalue weighted by molar-refractivity contribution is 7.99. The van der Waals surface area contributed by atoms with Gasteiger partial charge in [0, 0.05) is 10.4 Å². The first-order valence-corrected chi connectivity index (χ1v) is 9.35. The third kappa shape index (κ3) is 4.04. The van der Waals surface area contributed by atoms with Gasteiger partial charge in [0.15, 0.2) is 0 Å². The molecule has 1 unspecified atom stereocenters. The van der Waals surface area contributed by atoms with Crippen LogP contribution in [0.1, 0.15) is 23.4 Å². The fraction of sp³-hybridized carbons (Fsp3) is 0.235. The zero-order valence-corrected chi connectivity index (χ0v) is 15.0. The van der Waals surface area contributed by atoms with Gasteiger partial charge >= 0.3 is 0 Å². The van der Waals surface area contributed by atoms with E-state index in [0.717, 1.165) is 16.0 Å². The maximum absolute atomic E-state index is 12.0. The predicted octanol–water partition coefficient (Wildman–Crippen LogP) is 4.08. The van der Waals surface area contributed by atoms with E-state index < -0.39 is 0 Å². The predicted molar refractivity (Wildman–Crippen MR) is 96.1 cm³/mol. The summed E-state index contributed by atoms with van der Waals surface area (Å²) in [7, 11) is 0. The Labute approximate surface area is 148 Å². The molecule has 0 radical (unpaired) electrons. The standard InChI is InChI=1S/C17H17N3O2S2/c1-11-6-3-4-7-13(11)16-19-20-17(22-16)24-10-15(21)18-12(2)14-8-5-9-23-14/h3-9,12H,10H2,1-2H3,(H,18,21). The molecule has 0 bridgehead atoms. The molecule has 0 aliphatic heterocycles. The first-order chi connectivity index (χ1) is 11.6. The van der Waals surface area contributed by atoms with Crippen molar-refractivity contribution in [1.82, 2.24) is 15.5 Å². The van der Waals surface area contributed by atoms with Crippen molar-refractivity contribution in [2.45, 2.75) is 25.1 Å². The van der Waals surface area contributed by atoms with Crippen molar-refractivity contribution in [2.24, 2.45) is 0 Å². The normalized spacial score (nSPS) is 12.1. The Morgan fingerprint density at radius 2 is 2.12 bits per heavy atom. The average molecular weight is 359 g/mol. The molecule has 0 aliphatic carbocycles. The molecule has 1 aromatic carbocycles. The molecule has 1 atom stereocenters. The van der Waals surface area contributed by atoms with Gasteiger partial charge in [0.05, 0.1) is 11.8 Å². The summed E-state index contributed by atoms with van der Waals surface area (Å²) in [5.74, 6) is 0.657. The summed E-state index contributed by atoms with van der Waals surface area (Å²) in [5, 5.41) is 13.4. The topological polar surface area (TPSA) is 68.0 Å². The Kier molecular flexibility index (Phi) is 5.32. The summed E-state index contributed by atoms with van der Waals surface area (Å²) in [6, 6.07) is 11.8. The number of thiophene rings is 1. The van der Waals surface area contributed by atoms with Gasteiger partial charge in [0.1, 0.15) is 0 Å². The second kappa shape index (κ2) is 7.63. The zero-order valence-electron chi connectivity index (χ0n) is 13.4. The molecule has 0 aliphatic rings. The quantitative estimate of drug-likeness (QED) is 0.672. The van der Waals surface area contributed by atoms with Crippen LogP contribution in [0.4, 0.5) is 0 Å². The van der Waals surface area contributed by atoms with Crippen LogP contribution >= 0.6 is 23.1 Å². The highest BCUT2D eigenvalue weighted by atomic mass is 32.2. The molecule has 0 fully saturated rings. The Morgan fingerprint density at radius 3 is 2.88 bits per heavy atom. The molecule has 1 amide bonds. The van der Waals surface area contributed by atoms with Crippen molar-refractivity contribution < 1.29 is 9.21 Å². The number of nitrogens with one attached hydrogen (secondary N) is 1. The van der Waals surface area contributed by atoms with E-state index >= 15 is 0 Å². The van der Waals surface area contributed by atoms with Crippen molar-refractivity contribution in [3.8, 4) is 11.5 Å². The monoisotopic (exact) mass is 359 g/mol. The van der Waals surface area contributed by atoms with Crippen molar-refractivity contribution in [2.75, 3.05) is 5.75 Å². The lowest BCUT2D eigenvalue weighted by Gasteiger charge is -2.11. The number of thioether (sulfide) groups is 1. The maximum atomic E-state index is 12.0. The molecule has 5 nitrogen and oxygen atoms in total. The highest BCUT2D eigenvalue weighted by Gasteiger charge is 2.14. The van der Waals surface area contributed by atoms with E-state index in [1.165, 1.54) is 11.8 Å².